The van der Waals surface area contributed by atoms with Crippen LogP contribution in [0.2, 0.25) is 0 Å². The van der Waals surface area contributed by atoms with Gasteiger partial charge in [0.1, 0.15) is 5.75 Å². The van der Waals surface area contributed by atoms with E-state index in [9.17, 15) is 4.79 Å². The van der Waals surface area contributed by atoms with Gasteiger partial charge in [-0.3, -0.25) is 0 Å². The predicted octanol–water partition coefficient (Wildman–Crippen LogP) is 4.65. The first-order chi connectivity index (χ1) is 9.31. The van der Waals surface area contributed by atoms with E-state index >= 15 is 0 Å². The molecule has 0 bridgehead atoms. The van der Waals surface area contributed by atoms with Gasteiger partial charge in [0.2, 0.25) is 0 Å². The molecule has 21 heavy (non-hydrogen) atoms. The molecule has 0 amide bonds. The van der Waals surface area contributed by atoms with Gasteiger partial charge in [-0.05, 0) is 56.5 Å². The fraction of sp³-hybridized carbons (Fsp3) is 0.278. The molecule has 0 unspecified atom stereocenters. The number of hydrogen-bond acceptors (Lipinski definition) is 2. The van der Waals surface area contributed by atoms with Crippen LogP contribution in [0.5, 0.6) is 5.75 Å². The van der Waals surface area contributed by atoms with Gasteiger partial charge in [0.15, 0.2) is 0 Å². The van der Waals surface area contributed by atoms with E-state index in [0.29, 0.717) is 11.3 Å². The van der Waals surface area contributed by atoms with Crippen molar-refractivity contribution in [2.24, 2.45) is 0 Å². The van der Waals surface area contributed by atoms with E-state index in [-0.39, 0.29) is 7.43 Å². The molecule has 2 N–H and O–H groups in total. The molecule has 2 aromatic rings. The lowest BCUT2D eigenvalue weighted by Gasteiger charge is -2.00. The first-order valence-corrected chi connectivity index (χ1v) is 6.38. The Kier molecular flexibility index (Phi) is 7.22. The molecule has 0 aliphatic carbocycles. The topological polar surface area (TPSA) is 57.5 Å². The predicted molar refractivity (Wildman–Crippen MR) is 87.2 cm³/mol. The molecule has 0 aliphatic rings. The van der Waals surface area contributed by atoms with E-state index in [0.717, 1.165) is 22.3 Å². The third kappa shape index (κ3) is 5.69. The zero-order valence-corrected chi connectivity index (χ0v) is 12.3. The minimum absolute atomic E-state index is 0. The van der Waals surface area contributed by atoms with E-state index < -0.39 is 5.97 Å². The van der Waals surface area contributed by atoms with Gasteiger partial charge in [-0.2, -0.15) is 0 Å². The summed E-state index contributed by atoms with van der Waals surface area (Å²) in [7, 11) is 0. The molecule has 114 valence electrons. The third-order valence-electron chi connectivity index (χ3n) is 2.99. The Bertz CT molecular complexity index is 616. The highest BCUT2D eigenvalue weighted by molar-refractivity contribution is 5.89. The molecule has 0 atom stereocenters. The lowest BCUT2D eigenvalue weighted by atomic mass is 10.1. The van der Waals surface area contributed by atoms with Crippen molar-refractivity contribution in [2.75, 3.05) is 0 Å². The number of rotatable bonds is 1. The molecule has 0 saturated heterocycles. The van der Waals surface area contributed by atoms with Crippen LogP contribution in [-0.2, 0) is 0 Å². The maximum absolute atomic E-state index is 10.6. The minimum Gasteiger partial charge on any atom is -0.508 e. The van der Waals surface area contributed by atoms with Gasteiger partial charge in [0, 0.05) is 0 Å². The summed E-state index contributed by atoms with van der Waals surface area (Å²) < 4.78 is 0. The minimum atomic E-state index is -0.855. The summed E-state index contributed by atoms with van der Waals surface area (Å²) >= 11 is 0. The maximum atomic E-state index is 10.6. The second-order valence-corrected chi connectivity index (χ2v) is 4.91. The summed E-state index contributed by atoms with van der Waals surface area (Å²) in [4.78, 5) is 10.6. The summed E-state index contributed by atoms with van der Waals surface area (Å²) in [6.07, 6.45) is 0. The van der Waals surface area contributed by atoms with Crippen LogP contribution in [0, 0.1) is 27.7 Å². The molecule has 0 fully saturated rings. The summed E-state index contributed by atoms with van der Waals surface area (Å²) in [6.45, 7) is 7.52. The summed E-state index contributed by atoms with van der Waals surface area (Å²) in [5, 5.41) is 17.8. The average molecular weight is 288 g/mol. The SMILES string of the molecule is C.Cc1ccc(C)c(C(=O)O)c1.Cc1ccc(C)c(O)c1. The molecule has 0 saturated carbocycles. The number of carbonyl (C=O) groups is 1. The molecule has 0 aromatic heterocycles. The van der Waals surface area contributed by atoms with Crippen LogP contribution in [0.25, 0.3) is 0 Å². The highest BCUT2D eigenvalue weighted by atomic mass is 16.4. The highest BCUT2D eigenvalue weighted by Crippen LogP contribution is 2.16. The van der Waals surface area contributed by atoms with E-state index in [1.807, 2.05) is 45.0 Å². The van der Waals surface area contributed by atoms with Crippen molar-refractivity contribution in [2.45, 2.75) is 35.1 Å². The van der Waals surface area contributed by atoms with Gasteiger partial charge in [-0.1, -0.05) is 37.3 Å². The zero-order valence-electron chi connectivity index (χ0n) is 12.3. The largest absolute Gasteiger partial charge is 0.508 e. The molecular weight excluding hydrogens is 264 g/mol. The number of aromatic carboxylic acids is 1. The van der Waals surface area contributed by atoms with Crippen LogP contribution in [0.4, 0.5) is 0 Å². The number of aryl methyl sites for hydroxylation is 4. The summed E-state index contributed by atoms with van der Waals surface area (Å²) in [5.41, 5.74) is 4.21. The van der Waals surface area contributed by atoms with E-state index in [4.69, 9.17) is 10.2 Å². The lowest BCUT2D eigenvalue weighted by Crippen LogP contribution is -1.99. The van der Waals surface area contributed by atoms with Crippen molar-refractivity contribution in [1.29, 1.82) is 0 Å². The van der Waals surface area contributed by atoms with Gasteiger partial charge in [0.05, 0.1) is 5.56 Å². The Balaban J connectivity index is 0.000000370. The van der Waals surface area contributed by atoms with Crippen molar-refractivity contribution in [1.82, 2.24) is 0 Å². The number of benzene rings is 2. The van der Waals surface area contributed by atoms with E-state index in [1.165, 1.54) is 0 Å². The molecule has 2 aromatic carbocycles. The van der Waals surface area contributed by atoms with Crippen molar-refractivity contribution in [3.63, 3.8) is 0 Å². The smallest absolute Gasteiger partial charge is 0.335 e. The molecule has 0 spiro atoms. The van der Waals surface area contributed by atoms with Crippen molar-refractivity contribution in [3.05, 3.63) is 64.2 Å². The zero-order chi connectivity index (χ0) is 15.3. The quantitative estimate of drug-likeness (QED) is 0.803. The van der Waals surface area contributed by atoms with Crippen LogP contribution in [0.3, 0.4) is 0 Å². The second kappa shape index (κ2) is 8.10. The molecular formula is C18H24O3. The van der Waals surface area contributed by atoms with Crippen molar-refractivity contribution >= 4 is 5.97 Å². The van der Waals surface area contributed by atoms with Crippen LogP contribution in [0.1, 0.15) is 40.0 Å². The monoisotopic (exact) mass is 288 g/mol. The Labute approximate surface area is 126 Å². The number of phenols is 1. The number of phenolic OH excluding ortho intramolecular Hbond substituents is 1. The van der Waals surface area contributed by atoms with Gasteiger partial charge >= 0.3 is 5.97 Å². The summed E-state index contributed by atoms with van der Waals surface area (Å²) in [6, 6.07) is 11.0. The summed E-state index contributed by atoms with van der Waals surface area (Å²) in [5.74, 6) is -0.471. The Morgan fingerprint density at radius 1 is 0.857 bits per heavy atom. The molecule has 3 heteroatoms. The van der Waals surface area contributed by atoms with E-state index in [1.54, 1.807) is 19.1 Å². The molecule has 3 nitrogen and oxygen atoms in total. The Morgan fingerprint density at radius 3 is 1.71 bits per heavy atom. The second-order valence-electron chi connectivity index (χ2n) is 4.91. The molecule has 2 rings (SSSR count). The Hall–Kier alpha value is -2.29. The maximum Gasteiger partial charge on any atom is 0.335 e. The standard InChI is InChI=1S/C9H10O2.C8H10O.CH4/c1-6-3-4-7(2)8(5-6)9(10)11;1-6-3-4-7(2)8(9)5-6;/h3-5H,1-2H3,(H,10,11);3-5,9H,1-2H3;1H4. The van der Waals surface area contributed by atoms with Crippen LogP contribution >= 0.6 is 0 Å². The number of aromatic hydroxyl groups is 1. The first kappa shape index (κ1) is 18.7. The lowest BCUT2D eigenvalue weighted by molar-refractivity contribution is 0.0696. The van der Waals surface area contributed by atoms with Crippen molar-refractivity contribution < 1.29 is 15.0 Å². The van der Waals surface area contributed by atoms with Crippen LogP contribution < -0.4 is 0 Å². The number of hydrogen-bond donors (Lipinski definition) is 2. The fourth-order valence-corrected chi connectivity index (χ4v) is 1.69. The van der Waals surface area contributed by atoms with Gasteiger partial charge in [0.25, 0.3) is 0 Å². The molecule has 0 heterocycles. The average Bonchev–Trinajstić information content (AvgIpc) is 2.38. The van der Waals surface area contributed by atoms with Gasteiger partial charge in [-0.25, -0.2) is 4.79 Å². The first-order valence-electron chi connectivity index (χ1n) is 6.38. The third-order valence-corrected chi connectivity index (χ3v) is 2.99. The fourth-order valence-electron chi connectivity index (χ4n) is 1.69. The number of carboxylic acid groups (broad SMARTS) is 1. The van der Waals surface area contributed by atoms with Gasteiger partial charge in [-0.15, -0.1) is 0 Å². The van der Waals surface area contributed by atoms with Gasteiger partial charge < -0.3 is 10.2 Å². The molecule has 0 radical (unpaired) electrons. The normalized spacial score (nSPS) is 9.14. The van der Waals surface area contributed by atoms with Crippen LogP contribution in [-0.4, -0.2) is 16.2 Å². The van der Waals surface area contributed by atoms with Crippen LogP contribution in [0.15, 0.2) is 36.4 Å². The van der Waals surface area contributed by atoms with Crippen molar-refractivity contribution in [3.8, 4) is 5.75 Å². The molecule has 0 aliphatic heterocycles. The Morgan fingerprint density at radius 2 is 1.33 bits per heavy atom. The van der Waals surface area contributed by atoms with E-state index in [2.05, 4.69) is 0 Å². The number of carboxylic acids is 1. The highest BCUT2D eigenvalue weighted by Gasteiger charge is 2.05.